The van der Waals surface area contributed by atoms with Crippen LogP contribution in [-0.2, 0) is 4.79 Å². The fraction of sp³-hybridized carbons (Fsp3) is 0. The van der Waals surface area contributed by atoms with Crippen LogP contribution in [-0.4, -0.2) is 16.1 Å². The van der Waals surface area contributed by atoms with E-state index in [-0.39, 0.29) is 5.91 Å². The van der Waals surface area contributed by atoms with Gasteiger partial charge in [0, 0.05) is 17.0 Å². The maximum Gasteiger partial charge on any atom is 0.264 e. The molecule has 1 N–H and O–H groups in total. The third kappa shape index (κ3) is 3.17. The summed E-state index contributed by atoms with van der Waals surface area (Å²) in [6.45, 7) is 0. The number of aliphatic imine (C=N–C) groups is 1. The monoisotopic (exact) mass is 381 g/mol. The second-order valence-electron chi connectivity index (χ2n) is 6.44. The fourth-order valence-corrected chi connectivity index (χ4v) is 4.07. The highest BCUT2D eigenvalue weighted by atomic mass is 32.2. The van der Waals surface area contributed by atoms with Gasteiger partial charge in [-0.05, 0) is 53.1 Å². The first-order valence-electron chi connectivity index (χ1n) is 8.88. The van der Waals surface area contributed by atoms with Gasteiger partial charge in [-0.3, -0.25) is 9.78 Å². The summed E-state index contributed by atoms with van der Waals surface area (Å²) in [7, 11) is 0. The molecule has 1 saturated heterocycles. The molecule has 2 heterocycles. The van der Waals surface area contributed by atoms with Gasteiger partial charge in [0.15, 0.2) is 5.17 Å². The molecule has 0 bridgehead atoms. The summed E-state index contributed by atoms with van der Waals surface area (Å²) < 4.78 is 0. The Bertz CT molecular complexity index is 1290. The number of pyridine rings is 1. The average molecular weight is 381 g/mol. The van der Waals surface area contributed by atoms with Gasteiger partial charge < -0.3 is 5.32 Å². The number of fused-ring (bicyclic) bond motifs is 2. The van der Waals surface area contributed by atoms with Crippen LogP contribution in [0.4, 0.5) is 5.69 Å². The van der Waals surface area contributed by atoms with E-state index in [1.54, 1.807) is 6.20 Å². The van der Waals surface area contributed by atoms with E-state index in [1.807, 2.05) is 66.7 Å². The standard InChI is InChI=1S/C23H15N3OS/c27-22-21(14-15-10-11-19-17(13-15)7-4-12-24-19)28-23(26-22)25-20-9-3-6-16-5-1-2-8-18(16)20/h1-14H,(H,25,26,27)/b21-14+. The largest absolute Gasteiger partial charge is 0.300 e. The quantitative estimate of drug-likeness (QED) is 0.481. The van der Waals surface area contributed by atoms with Gasteiger partial charge in [-0.2, -0.15) is 0 Å². The first-order chi connectivity index (χ1) is 13.8. The molecule has 4 aromatic rings. The lowest BCUT2D eigenvalue weighted by Crippen LogP contribution is -2.19. The van der Waals surface area contributed by atoms with Crippen LogP contribution in [0, 0.1) is 0 Å². The minimum atomic E-state index is -0.129. The summed E-state index contributed by atoms with van der Waals surface area (Å²) in [6.07, 6.45) is 3.66. The molecule has 0 saturated carbocycles. The highest BCUT2D eigenvalue weighted by molar-refractivity contribution is 8.18. The molecule has 0 unspecified atom stereocenters. The van der Waals surface area contributed by atoms with Gasteiger partial charge in [0.05, 0.1) is 16.1 Å². The Hall–Kier alpha value is -3.44. The topological polar surface area (TPSA) is 54.4 Å². The lowest BCUT2D eigenvalue weighted by Gasteiger charge is -2.02. The number of hydrogen-bond donors (Lipinski definition) is 1. The molecule has 0 aliphatic carbocycles. The van der Waals surface area contributed by atoms with Crippen LogP contribution in [0.15, 0.2) is 88.9 Å². The van der Waals surface area contributed by atoms with E-state index in [4.69, 9.17) is 0 Å². The molecule has 3 aromatic carbocycles. The van der Waals surface area contributed by atoms with Crippen molar-refractivity contribution in [2.24, 2.45) is 4.99 Å². The Morgan fingerprint density at radius 2 is 1.79 bits per heavy atom. The fourth-order valence-electron chi connectivity index (χ4n) is 3.23. The molecule has 1 aliphatic rings. The minimum Gasteiger partial charge on any atom is -0.300 e. The molecule has 5 heteroatoms. The van der Waals surface area contributed by atoms with E-state index in [0.717, 1.165) is 32.9 Å². The Morgan fingerprint density at radius 1 is 0.929 bits per heavy atom. The molecule has 134 valence electrons. The molecule has 1 aromatic heterocycles. The molecule has 1 fully saturated rings. The number of carbonyl (C=O) groups excluding carboxylic acids is 1. The number of thioether (sulfide) groups is 1. The van der Waals surface area contributed by atoms with Crippen molar-refractivity contribution in [2.75, 3.05) is 0 Å². The molecular formula is C23H15N3OS. The van der Waals surface area contributed by atoms with E-state index >= 15 is 0 Å². The summed E-state index contributed by atoms with van der Waals surface area (Å²) in [6, 6.07) is 24.0. The zero-order chi connectivity index (χ0) is 18.9. The van der Waals surface area contributed by atoms with E-state index in [1.165, 1.54) is 11.8 Å². The lowest BCUT2D eigenvalue weighted by atomic mass is 10.1. The number of aromatic nitrogens is 1. The van der Waals surface area contributed by atoms with E-state index < -0.39 is 0 Å². The predicted molar refractivity (Wildman–Crippen MR) is 116 cm³/mol. The zero-order valence-electron chi connectivity index (χ0n) is 14.8. The van der Waals surface area contributed by atoms with Crippen molar-refractivity contribution in [3.63, 3.8) is 0 Å². The van der Waals surface area contributed by atoms with E-state index in [2.05, 4.69) is 27.4 Å². The number of benzene rings is 3. The zero-order valence-corrected chi connectivity index (χ0v) is 15.6. The summed E-state index contributed by atoms with van der Waals surface area (Å²) in [5.74, 6) is -0.129. The van der Waals surface area contributed by atoms with Crippen molar-refractivity contribution < 1.29 is 4.79 Å². The number of amidine groups is 1. The molecule has 1 amide bonds. The lowest BCUT2D eigenvalue weighted by molar-refractivity contribution is -0.115. The van der Waals surface area contributed by atoms with Gasteiger partial charge in [-0.15, -0.1) is 0 Å². The molecule has 0 spiro atoms. The average Bonchev–Trinajstić information content (AvgIpc) is 3.07. The van der Waals surface area contributed by atoms with Crippen molar-refractivity contribution >= 4 is 56.3 Å². The number of carbonyl (C=O) groups is 1. The third-order valence-electron chi connectivity index (χ3n) is 4.56. The summed E-state index contributed by atoms with van der Waals surface area (Å²) in [5.41, 5.74) is 2.75. The Balaban J connectivity index is 1.47. The van der Waals surface area contributed by atoms with Crippen molar-refractivity contribution in [2.45, 2.75) is 0 Å². The van der Waals surface area contributed by atoms with E-state index in [9.17, 15) is 4.79 Å². The van der Waals surface area contributed by atoms with Crippen LogP contribution in [0.5, 0.6) is 0 Å². The van der Waals surface area contributed by atoms with Gasteiger partial charge in [-0.25, -0.2) is 4.99 Å². The number of amides is 1. The highest BCUT2D eigenvalue weighted by Gasteiger charge is 2.24. The van der Waals surface area contributed by atoms with Crippen LogP contribution in [0.3, 0.4) is 0 Å². The van der Waals surface area contributed by atoms with Crippen LogP contribution < -0.4 is 5.32 Å². The van der Waals surface area contributed by atoms with E-state index in [0.29, 0.717) is 10.1 Å². The second kappa shape index (κ2) is 6.94. The number of nitrogens with one attached hydrogen (secondary N) is 1. The SMILES string of the molecule is O=C1NC(=Nc2cccc3ccccc23)S/C1=C/c1ccc2ncccc2c1. The van der Waals surface area contributed by atoms with Gasteiger partial charge in [0.2, 0.25) is 0 Å². The Morgan fingerprint density at radius 3 is 2.75 bits per heavy atom. The normalized spacial score (nSPS) is 16.9. The third-order valence-corrected chi connectivity index (χ3v) is 5.47. The summed E-state index contributed by atoms with van der Waals surface area (Å²) >= 11 is 1.36. The molecule has 5 rings (SSSR count). The molecule has 0 radical (unpaired) electrons. The molecule has 28 heavy (non-hydrogen) atoms. The first-order valence-corrected chi connectivity index (χ1v) is 9.70. The molecule has 1 aliphatic heterocycles. The van der Waals surface area contributed by atoms with Crippen LogP contribution in [0.2, 0.25) is 0 Å². The molecular weight excluding hydrogens is 366 g/mol. The summed E-state index contributed by atoms with van der Waals surface area (Å²) in [5, 5.41) is 6.69. The maximum absolute atomic E-state index is 12.4. The second-order valence-corrected chi connectivity index (χ2v) is 7.47. The van der Waals surface area contributed by atoms with Gasteiger partial charge in [0.1, 0.15) is 0 Å². The van der Waals surface area contributed by atoms with Crippen molar-refractivity contribution in [3.05, 3.63) is 89.5 Å². The highest BCUT2D eigenvalue weighted by Crippen LogP contribution is 2.31. The summed E-state index contributed by atoms with van der Waals surface area (Å²) in [4.78, 5) is 22.0. The Labute approximate surface area is 166 Å². The predicted octanol–water partition coefficient (Wildman–Crippen LogP) is 5.28. The van der Waals surface area contributed by atoms with Crippen LogP contribution in [0.25, 0.3) is 27.8 Å². The van der Waals surface area contributed by atoms with Crippen molar-refractivity contribution in [1.29, 1.82) is 0 Å². The number of nitrogens with zero attached hydrogens (tertiary/aromatic N) is 2. The molecule has 0 atom stereocenters. The number of hydrogen-bond acceptors (Lipinski definition) is 4. The van der Waals surface area contributed by atoms with Gasteiger partial charge in [0.25, 0.3) is 5.91 Å². The van der Waals surface area contributed by atoms with Gasteiger partial charge >= 0.3 is 0 Å². The van der Waals surface area contributed by atoms with Crippen LogP contribution in [0.1, 0.15) is 5.56 Å². The molecule has 4 nitrogen and oxygen atoms in total. The van der Waals surface area contributed by atoms with Crippen molar-refractivity contribution in [3.8, 4) is 0 Å². The number of rotatable bonds is 2. The van der Waals surface area contributed by atoms with Gasteiger partial charge in [-0.1, -0.05) is 48.5 Å². The minimum absolute atomic E-state index is 0.129. The van der Waals surface area contributed by atoms with Crippen LogP contribution >= 0.6 is 11.8 Å². The maximum atomic E-state index is 12.4. The Kier molecular flexibility index (Phi) is 4.14. The van der Waals surface area contributed by atoms with Crippen molar-refractivity contribution in [1.82, 2.24) is 10.3 Å². The first kappa shape index (κ1) is 16.7. The smallest absolute Gasteiger partial charge is 0.264 e.